The van der Waals surface area contributed by atoms with Gasteiger partial charge in [-0.25, -0.2) is 0 Å². The number of carbonyl (C=O) groups excluding carboxylic acids is 1. The van der Waals surface area contributed by atoms with Gasteiger partial charge in [0.05, 0.1) is 12.0 Å². The van der Waals surface area contributed by atoms with E-state index in [2.05, 4.69) is 15.0 Å². The molecule has 2 aromatic heterocycles. The zero-order chi connectivity index (χ0) is 19.4. The highest BCUT2D eigenvalue weighted by Gasteiger charge is 2.38. The molecule has 3 fully saturated rings. The van der Waals surface area contributed by atoms with Gasteiger partial charge >= 0.3 is 0 Å². The lowest BCUT2D eigenvalue weighted by atomic mass is 9.97. The van der Waals surface area contributed by atoms with Crippen LogP contribution in [-0.2, 0) is 0 Å². The summed E-state index contributed by atoms with van der Waals surface area (Å²) in [7, 11) is 0. The van der Waals surface area contributed by atoms with E-state index in [0.717, 1.165) is 47.1 Å². The number of likely N-dealkylation sites (tertiary alicyclic amines) is 2. The maximum Gasteiger partial charge on any atom is 0.254 e. The molecule has 4 heterocycles. The summed E-state index contributed by atoms with van der Waals surface area (Å²) in [6, 6.07) is 8.04. The lowest BCUT2D eigenvalue weighted by Gasteiger charge is -2.37. The number of hydrogen-bond donors (Lipinski definition) is 1. The lowest BCUT2D eigenvalue weighted by molar-refractivity contribution is 0.0594. The van der Waals surface area contributed by atoms with Crippen molar-refractivity contribution < 1.29 is 9.32 Å². The van der Waals surface area contributed by atoms with Crippen molar-refractivity contribution >= 4 is 16.8 Å². The van der Waals surface area contributed by atoms with Gasteiger partial charge in [-0.15, -0.1) is 0 Å². The Labute approximate surface area is 169 Å². The highest BCUT2D eigenvalue weighted by molar-refractivity contribution is 6.06. The van der Waals surface area contributed by atoms with E-state index in [-0.39, 0.29) is 17.9 Å². The maximum absolute atomic E-state index is 12.9. The summed E-state index contributed by atoms with van der Waals surface area (Å²) in [6.07, 6.45) is 6.90. The van der Waals surface area contributed by atoms with Crippen LogP contribution >= 0.6 is 0 Å². The Morgan fingerprint density at radius 2 is 2.10 bits per heavy atom. The van der Waals surface area contributed by atoms with E-state index < -0.39 is 0 Å². The average Bonchev–Trinajstić information content (AvgIpc) is 3.10. The second-order valence-corrected chi connectivity index (χ2v) is 8.74. The molecule has 0 radical (unpaired) electrons. The summed E-state index contributed by atoms with van der Waals surface area (Å²) in [6.45, 7) is 3.60. The van der Waals surface area contributed by atoms with Gasteiger partial charge in [0.2, 0.25) is 5.89 Å². The molecule has 150 valence electrons. The standard InChI is InChI=1S/C22H25N5O2/c28-22(17-3-1-4-18-16(17)8-9-23-18)27-12-15(13-27)20-24-21(29-25-20)19-5-2-10-26(19)11-14-6-7-14/h1,3-4,8-9,14-15,19,23H,2,5-7,10-13H2. The molecule has 1 aliphatic carbocycles. The fourth-order valence-electron chi connectivity index (χ4n) is 4.75. The number of nitrogens with zero attached hydrogens (tertiary/aromatic N) is 4. The molecule has 1 unspecified atom stereocenters. The summed E-state index contributed by atoms with van der Waals surface area (Å²) in [5, 5.41) is 5.24. The first-order chi connectivity index (χ1) is 14.3. The zero-order valence-corrected chi connectivity index (χ0v) is 16.4. The first kappa shape index (κ1) is 17.2. The largest absolute Gasteiger partial charge is 0.361 e. The molecule has 2 aliphatic heterocycles. The molecular formula is C22H25N5O2. The molecule has 7 heteroatoms. The van der Waals surface area contributed by atoms with Crippen molar-refractivity contribution in [1.29, 1.82) is 0 Å². The van der Waals surface area contributed by atoms with Gasteiger partial charge in [-0.1, -0.05) is 11.2 Å². The molecule has 29 heavy (non-hydrogen) atoms. The Hall–Kier alpha value is -2.67. The lowest BCUT2D eigenvalue weighted by Crippen LogP contribution is -2.48. The molecule has 1 aromatic carbocycles. The molecule has 1 amide bonds. The third-order valence-corrected chi connectivity index (χ3v) is 6.66. The summed E-state index contributed by atoms with van der Waals surface area (Å²) >= 11 is 0. The number of nitrogens with one attached hydrogen (secondary N) is 1. The molecule has 0 bridgehead atoms. The third kappa shape index (κ3) is 3.04. The van der Waals surface area contributed by atoms with Gasteiger partial charge in [0, 0.05) is 42.3 Å². The minimum atomic E-state index is 0.0709. The van der Waals surface area contributed by atoms with E-state index in [9.17, 15) is 4.79 Å². The Balaban J connectivity index is 1.12. The average molecular weight is 391 g/mol. The van der Waals surface area contributed by atoms with E-state index in [1.807, 2.05) is 35.4 Å². The van der Waals surface area contributed by atoms with Crippen LogP contribution in [0.5, 0.6) is 0 Å². The first-order valence-corrected chi connectivity index (χ1v) is 10.7. The maximum atomic E-state index is 12.9. The molecule has 3 aromatic rings. The second kappa shape index (κ2) is 6.69. The summed E-state index contributed by atoms with van der Waals surface area (Å²) in [4.78, 5) is 25.2. The smallest absolute Gasteiger partial charge is 0.254 e. The number of benzene rings is 1. The van der Waals surface area contributed by atoms with E-state index in [0.29, 0.717) is 13.1 Å². The van der Waals surface area contributed by atoms with Crippen LogP contribution in [0.25, 0.3) is 10.9 Å². The fourth-order valence-corrected chi connectivity index (χ4v) is 4.75. The van der Waals surface area contributed by atoms with Crippen LogP contribution in [0.2, 0.25) is 0 Å². The van der Waals surface area contributed by atoms with Crippen molar-refractivity contribution in [2.75, 3.05) is 26.2 Å². The predicted octanol–water partition coefficient (Wildman–Crippen LogP) is 3.34. The molecule has 1 saturated carbocycles. The number of hydrogen-bond acceptors (Lipinski definition) is 5. The fraction of sp³-hybridized carbons (Fsp3) is 0.500. The number of aromatic nitrogens is 3. The highest BCUT2D eigenvalue weighted by atomic mass is 16.5. The van der Waals surface area contributed by atoms with Crippen molar-refractivity contribution in [1.82, 2.24) is 24.9 Å². The van der Waals surface area contributed by atoms with E-state index in [1.165, 1.54) is 25.8 Å². The Morgan fingerprint density at radius 1 is 1.21 bits per heavy atom. The van der Waals surface area contributed by atoms with E-state index in [4.69, 9.17) is 9.51 Å². The minimum Gasteiger partial charge on any atom is -0.361 e. The number of amides is 1. The molecule has 1 N–H and O–H groups in total. The molecule has 0 spiro atoms. The van der Waals surface area contributed by atoms with Gasteiger partial charge in [0.1, 0.15) is 0 Å². The van der Waals surface area contributed by atoms with Gasteiger partial charge in [-0.3, -0.25) is 9.69 Å². The number of H-pyrrole nitrogens is 1. The van der Waals surface area contributed by atoms with Crippen molar-refractivity contribution in [2.24, 2.45) is 5.92 Å². The Kier molecular flexibility index (Phi) is 3.97. The number of fused-ring (bicyclic) bond motifs is 1. The van der Waals surface area contributed by atoms with Crippen LogP contribution in [0.1, 0.15) is 59.7 Å². The third-order valence-electron chi connectivity index (χ3n) is 6.66. The van der Waals surface area contributed by atoms with Crippen LogP contribution in [0.4, 0.5) is 0 Å². The normalized spacial score (nSPS) is 23.0. The van der Waals surface area contributed by atoms with Crippen LogP contribution in [0.15, 0.2) is 35.0 Å². The monoisotopic (exact) mass is 391 g/mol. The summed E-state index contributed by atoms with van der Waals surface area (Å²) in [5.74, 6) is 2.62. The number of aromatic amines is 1. The number of carbonyl (C=O) groups is 1. The van der Waals surface area contributed by atoms with Crippen LogP contribution in [-0.4, -0.2) is 57.0 Å². The molecule has 7 nitrogen and oxygen atoms in total. The van der Waals surface area contributed by atoms with Gasteiger partial charge in [-0.2, -0.15) is 4.98 Å². The molecular weight excluding hydrogens is 366 g/mol. The second-order valence-electron chi connectivity index (χ2n) is 8.74. The van der Waals surface area contributed by atoms with E-state index >= 15 is 0 Å². The molecule has 1 atom stereocenters. The molecule has 6 rings (SSSR count). The van der Waals surface area contributed by atoms with Gasteiger partial charge in [0.15, 0.2) is 5.82 Å². The Morgan fingerprint density at radius 3 is 2.97 bits per heavy atom. The molecule has 3 aliphatic rings. The van der Waals surface area contributed by atoms with Crippen LogP contribution in [0, 0.1) is 5.92 Å². The van der Waals surface area contributed by atoms with Gasteiger partial charge < -0.3 is 14.4 Å². The minimum absolute atomic E-state index is 0.0709. The van der Waals surface area contributed by atoms with Crippen molar-refractivity contribution in [3.63, 3.8) is 0 Å². The highest BCUT2D eigenvalue weighted by Crippen LogP contribution is 2.38. The topological polar surface area (TPSA) is 78.3 Å². The SMILES string of the molecule is O=C(c1cccc2[nH]ccc12)N1CC(c2noc(C3CCCN3CC3CC3)n2)C1. The van der Waals surface area contributed by atoms with Crippen molar-refractivity contribution in [2.45, 2.75) is 37.6 Å². The van der Waals surface area contributed by atoms with Crippen LogP contribution in [0.3, 0.4) is 0 Å². The van der Waals surface area contributed by atoms with E-state index in [1.54, 1.807) is 0 Å². The summed E-state index contributed by atoms with van der Waals surface area (Å²) in [5.41, 5.74) is 1.74. The number of rotatable bonds is 5. The van der Waals surface area contributed by atoms with Gasteiger partial charge in [-0.05, 0) is 56.3 Å². The summed E-state index contributed by atoms with van der Waals surface area (Å²) < 4.78 is 5.65. The molecule has 2 saturated heterocycles. The van der Waals surface area contributed by atoms with Crippen molar-refractivity contribution in [3.05, 3.63) is 47.7 Å². The zero-order valence-electron chi connectivity index (χ0n) is 16.4. The quantitative estimate of drug-likeness (QED) is 0.722. The Bertz CT molecular complexity index is 1050. The van der Waals surface area contributed by atoms with Crippen molar-refractivity contribution in [3.8, 4) is 0 Å². The first-order valence-electron chi connectivity index (χ1n) is 10.7. The van der Waals surface area contributed by atoms with Crippen LogP contribution < -0.4 is 0 Å². The predicted molar refractivity (Wildman–Crippen MR) is 108 cm³/mol. The van der Waals surface area contributed by atoms with Gasteiger partial charge in [0.25, 0.3) is 5.91 Å².